The van der Waals surface area contributed by atoms with Crippen molar-refractivity contribution < 1.29 is 17.9 Å². The number of ether oxygens (including phenoxy) is 1. The Balaban J connectivity index is 1.22. The van der Waals surface area contributed by atoms with Gasteiger partial charge in [0.25, 0.3) is 0 Å². The van der Waals surface area contributed by atoms with Crippen molar-refractivity contribution in [2.45, 2.75) is 81.1 Å². The number of carbonyl (C=O) groups is 1. The average Bonchev–Trinajstić information content (AvgIpc) is 3.48. The number of hydrogen-bond donors (Lipinski definition) is 0. The number of likely N-dealkylation sites (tertiary alicyclic amines) is 1. The summed E-state index contributed by atoms with van der Waals surface area (Å²) < 4.78 is 37.4. The standard InChI is InChI=1S/C31H45Cl2N5O4S/c1-22-10-11-26(32)31(30(22)33)43(40,41)38-18-17-37-14-6-9-27(37)28(38)20-42-21-29(39)35(4)24-7-5-8-25(19-24)36-15-12-23(13-16-36)34(2)3/h6,9-11,14,23-25,28H,5,7-8,12-13,15-21H2,1-4H3/t24-,25+,28?/m0/s1. The smallest absolute Gasteiger partial charge is 0.248 e. The van der Waals surface area contributed by atoms with Gasteiger partial charge in [-0.2, -0.15) is 4.31 Å². The normalized spacial score (nSPS) is 24.3. The first kappa shape index (κ1) is 32.7. The Bertz CT molecular complexity index is 1390. The van der Waals surface area contributed by atoms with Gasteiger partial charge in [-0.3, -0.25) is 4.79 Å². The van der Waals surface area contributed by atoms with Gasteiger partial charge in [0.2, 0.25) is 15.9 Å². The molecule has 2 fully saturated rings. The van der Waals surface area contributed by atoms with Crippen molar-refractivity contribution in [3.8, 4) is 0 Å². The van der Waals surface area contributed by atoms with Gasteiger partial charge in [-0.1, -0.05) is 29.3 Å². The van der Waals surface area contributed by atoms with Crippen LogP contribution in [0.25, 0.3) is 0 Å². The number of aromatic nitrogens is 1. The van der Waals surface area contributed by atoms with Crippen LogP contribution in [0.5, 0.6) is 0 Å². The second kappa shape index (κ2) is 13.8. The Labute approximate surface area is 266 Å². The molecule has 12 heteroatoms. The number of aryl methyl sites for hydroxylation is 1. The fourth-order valence-electron chi connectivity index (χ4n) is 7.04. The number of benzene rings is 1. The van der Waals surface area contributed by atoms with Crippen molar-refractivity contribution in [1.82, 2.24) is 23.6 Å². The molecule has 9 nitrogen and oxygen atoms in total. The van der Waals surface area contributed by atoms with Gasteiger partial charge in [0, 0.05) is 50.2 Å². The number of rotatable bonds is 9. The molecule has 3 atom stereocenters. The van der Waals surface area contributed by atoms with Gasteiger partial charge in [0.1, 0.15) is 11.5 Å². The number of hydrogen-bond acceptors (Lipinski definition) is 6. The highest BCUT2D eigenvalue weighted by atomic mass is 35.5. The van der Waals surface area contributed by atoms with Crippen molar-refractivity contribution in [1.29, 1.82) is 0 Å². The lowest BCUT2D eigenvalue weighted by atomic mass is 9.87. The second-order valence-corrected chi connectivity index (χ2v) is 15.1. The van der Waals surface area contributed by atoms with Crippen LogP contribution in [0, 0.1) is 6.92 Å². The van der Waals surface area contributed by atoms with Crippen LogP contribution >= 0.6 is 23.2 Å². The average molecular weight is 655 g/mol. The van der Waals surface area contributed by atoms with Crippen molar-refractivity contribution in [3.05, 3.63) is 51.8 Å². The van der Waals surface area contributed by atoms with Crippen LogP contribution in [0.15, 0.2) is 35.4 Å². The number of carbonyl (C=O) groups excluding carboxylic acids is 1. The van der Waals surface area contributed by atoms with Crippen LogP contribution in [-0.4, -0.2) is 110 Å². The maximum atomic E-state index is 14.0. The van der Waals surface area contributed by atoms with E-state index in [1.807, 2.05) is 34.8 Å². The van der Waals surface area contributed by atoms with Crippen LogP contribution in [0.4, 0.5) is 0 Å². The van der Waals surface area contributed by atoms with Crippen molar-refractivity contribution >= 4 is 39.1 Å². The van der Waals surface area contributed by atoms with E-state index >= 15 is 0 Å². The molecule has 2 aliphatic heterocycles. The summed E-state index contributed by atoms with van der Waals surface area (Å²) in [6.45, 7) is 4.65. The van der Waals surface area contributed by atoms with Gasteiger partial charge in [-0.15, -0.1) is 0 Å². The number of likely N-dealkylation sites (N-methyl/N-ethyl adjacent to an activating group) is 1. The lowest BCUT2D eigenvalue weighted by molar-refractivity contribution is -0.138. The molecule has 1 aliphatic carbocycles. The Morgan fingerprint density at radius 1 is 1.00 bits per heavy atom. The third-order valence-electron chi connectivity index (χ3n) is 9.73. The van der Waals surface area contributed by atoms with Crippen molar-refractivity contribution in [3.63, 3.8) is 0 Å². The molecule has 2 aromatic rings. The lowest BCUT2D eigenvalue weighted by Gasteiger charge is -2.44. The molecule has 238 valence electrons. The first-order chi connectivity index (χ1) is 20.5. The number of halogens is 2. The molecule has 1 saturated carbocycles. The fraction of sp³-hybridized carbons (Fsp3) is 0.645. The van der Waals surface area contributed by atoms with E-state index in [4.69, 9.17) is 27.9 Å². The molecule has 1 unspecified atom stereocenters. The van der Waals surface area contributed by atoms with E-state index in [2.05, 4.69) is 23.9 Å². The molecule has 0 spiro atoms. The van der Waals surface area contributed by atoms with Gasteiger partial charge in [0.05, 0.1) is 22.7 Å². The van der Waals surface area contributed by atoms with Gasteiger partial charge in [-0.05, 0) is 96.4 Å². The second-order valence-electron chi connectivity index (χ2n) is 12.5. The number of fused-ring (bicyclic) bond motifs is 1. The Morgan fingerprint density at radius 2 is 1.74 bits per heavy atom. The van der Waals surface area contributed by atoms with Crippen molar-refractivity contribution in [2.75, 3.05) is 54.0 Å². The fourth-order valence-corrected chi connectivity index (χ4v) is 9.75. The minimum Gasteiger partial charge on any atom is -0.370 e. The summed E-state index contributed by atoms with van der Waals surface area (Å²) in [6, 6.07) is 7.77. The summed E-state index contributed by atoms with van der Waals surface area (Å²) in [4.78, 5) is 20.0. The predicted octanol–water partition coefficient (Wildman–Crippen LogP) is 4.66. The van der Waals surface area contributed by atoms with E-state index in [1.54, 1.807) is 19.1 Å². The minimum atomic E-state index is -4.05. The quantitative estimate of drug-likeness (QED) is 0.392. The Kier molecular flexibility index (Phi) is 10.5. The van der Waals surface area contributed by atoms with Crippen LogP contribution < -0.4 is 0 Å². The number of nitrogens with zero attached hydrogens (tertiary/aromatic N) is 5. The zero-order chi connectivity index (χ0) is 30.9. The maximum absolute atomic E-state index is 14.0. The van der Waals surface area contributed by atoms with Gasteiger partial charge in [-0.25, -0.2) is 8.42 Å². The molecule has 43 heavy (non-hydrogen) atoms. The van der Waals surface area contributed by atoms with Crippen LogP contribution in [0.2, 0.25) is 10.0 Å². The summed E-state index contributed by atoms with van der Waals surface area (Å²) in [5.74, 6) is -0.0812. The van der Waals surface area contributed by atoms with Crippen molar-refractivity contribution in [2.24, 2.45) is 0 Å². The molecule has 3 aliphatic rings. The Morgan fingerprint density at radius 3 is 2.47 bits per heavy atom. The highest BCUT2D eigenvalue weighted by molar-refractivity contribution is 7.89. The molecule has 0 bridgehead atoms. The summed E-state index contributed by atoms with van der Waals surface area (Å²) in [5, 5.41) is 0.207. The maximum Gasteiger partial charge on any atom is 0.248 e. The molecule has 3 heterocycles. The third-order valence-corrected chi connectivity index (χ3v) is 12.8. The molecular weight excluding hydrogens is 609 g/mol. The van der Waals surface area contributed by atoms with E-state index in [0.29, 0.717) is 24.2 Å². The van der Waals surface area contributed by atoms with E-state index < -0.39 is 16.1 Å². The van der Waals surface area contributed by atoms with Gasteiger partial charge >= 0.3 is 0 Å². The summed E-state index contributed by atoms with van der Waals surface area (Å²) in [5.41, 5.74) is 1.44. The number of sulfonamides is 1. The monoisotopic (exact) mass is 653 g/mol. The third kappa shape index (κ3) is 6.95. The SMILES string of the molecule is Cc1ccc(Cl)c(S(=O)(=O)N2CCn3cccc3C2COCC(=O)N(C)[C@H]2CCC[C@@H](N3CCC(N(C)C)CC3)C2)c1Cl. The summed E-state index contributed by atoms with van der Waals surface area (Å²) in [7, 11) is 2.15. The molecule has 0 N–H and O–H groups in total. The highest BCUT2D eigenvalue weighted by Gasteiger charge is 2.39. The van der Waals surface area contributed by atoms with Crippen LogP contribution in [-0.2, 0) is 26.1 Å². The summed E-state index contributed by atoms with van der Waals surface area (Å²) >= 11 is 12.9. The molecule has 1 saturated heterocycles. The van der Waals surface area contributed by atoms with E-state index in [1.165, 1.54) is 23.6 Å². The van der Waals surface area contributed by atoms with E-state index in [0.717, 1.165) is 38.0 Å². The minimum absolute atomic E-state index is 0.0397. The molecule has 1 aromatic carbocycles. The molecular formula is C31H45Cl2N5O4S. The van der Waals surface area contributed by atoms with Crippen LogP contribution in [0.3, 0.4) is 0 Å². The molecule has 1 aromatic heterocycles. The van der Waals surface area contributed by atoms with E-state index in [9.17, 15) is 13.2 Å². The molecule has 5 rings (SSSR count). The molecule has 1 amide bonds. The first-order valence-electron chi connectivity index (χ1n) is 15.3. The topological polar surface area (TPSA) is 78.3 Å². The lowest BCUT2D eigenvalue weighted by Crippen LogP contribution is -2.51. The largest absolute Gasteiger partial charge is 0.370 e. The number of amides is 1. The van der Waals surface area contributed by atoms with E-state index in [-0.39, 0.29) is 46.6 Å². The summed E-state index contributed by atoms with van der Waals surface area (Å²) in [6.07, 6.45) is 8.58. The number of piperidine rings is 1. The zero-order valence-corrected chi connectivity index (χ0v) is 28.0. The predicted molar refractivity (Wildman–Crippen MR) is 170 cm³/mol. The zero-order valence-electron chi connectivity index (χ0n) is 25.7. The first-order valence-corrected chi connectivity index (χ1v) is 17.5. The van der Waals surface area contributed by atoms with Crippen LogP contribution in [0.1, 0.15) is 55.8 Å². The molecule has 0 radical (unpaired) electrons. The highest BCUT2D eigenvalue weighted by Crippen LogP contribution is 2.39. The van der Waals surface area contributed by atoms with Gasteiger partial charge in [0.15, 0.2) is 0 Å². The Hall–Kier alpha value is -1.66. The van der Waals surface area contributed by atoms with Gasteiger partial charge < -0.3 is 24.0 Å².